The summed E-state index contributed by atoms with van der Waals surface area (Å²) in [4.78, 5) is 23.6. The number of halogens is 2. The van der Waals surface area contributed by atoms with Crippen molar-refractivity contribution in [2.75, 3.05) is 13.2 Å². The van der Waals surface area contributed by atoms with E-state index in [-0.39, 0.29) is 24.7 Å². The monoisotopic (exact) mass is 302 g/mol. The van der Waals surface area contributed by atoms with Crippen LogP contribution in [0.3, 0.4) is 0 Å². The third-order valence-electron chi connectivity index (χ3n) is 2.58. The number of esters is 2. The molecule has 0 unspecified atom stereocenters. The second kappa shape index (κ2) is 7.85. The van der Waals surface area contributed by atoms with Crippen molar-refractivity contribution in [2.45, 2.75) is 20.3 Å². The molecule has 4 nitrogen and oxygen atoms in total. The molecule has 0 fully saturated rings. The van der Waals surface area contributed by atoms with Crippen molar-refractivity contribution in [3.05, 3.63) is 34.6 Å². The van der Waals surface area contributed by atoms with Gasteiger partial charge in [-0.05, 0) is 38.0 Å². The van der Waals surface area contributed by atoms with Crippen LogP contribution in [0, 0.1) is 11.7 Å². The summed E-state index contributed by atoms with van der Waals surface area (Å²) in [7, 11) is 0. The Kier molecular flexibility index (Phi) is 6.45. The first-order chi connectivity index (χ1) is 9.49. The maximum Gasteiger partial charge on any atom is 0.320 e. The van der Waals surface area contributed by atoms with Gasteiger partial charge in [-0.15, -0.1) is 0 Å². The van der Waals surface area contributed by atoms with Crippen LogP contribution >= 0.6 is 11.6 Å². The lowest BCUT2D eigenvalue weighted by atomic mass is 9.99. The van der Waals surface area contributed by atoms with E-state index in [0.29, 0.717) is 5.56 Å². The zero-order chi connectivity index (χ0) is 15.1. The van der Waals surface area contributed by atoms with Gasteiger partial charge in [0.2, 0.25) is 0 Å². The van der Waals surface area contributed by atoms with Crippen molar-refractivity contribution in [2.24, 2.45) is 5.92 Å². The fraction of sp³-hybridized carbons (Fsp3) is 0.429. The molecule has 6 heteroatoms. The number of benzene rings is 1. The smallest absolute Gasteiger partial charge is 0.320 e. The molecule has 0 aliphatic carbocycles. The quantitative estimate of drug-likeness (QED) is 0.599. The SMILES string of the molecule is CCOC(=O)C(Cc1ccc(F)cc1Cl)C(=O)OCC. The number of hydrogen-bond acceptors (Lipinski definition) is 4. The Morgan fingerprint density at radius 1 is 1.20 bits per heavy atom. The summed E-state index contributed by atoms with van der Waals surface area (Å²) < 4.78 is 22.7. The van der Waals surface area contributed by atoms with Crippen molar-refractivity contribution in [1.82, 2.24) is 0 Å². The molecule has 0 atom stereocenters. The fourth-order valence-electron chi connectivity index (χ4n) is 1.66. The van der Waals surface area contributed by atoms with E-state index in [1.54, 1.807) is 13.8 Å². The predicted octanol–water partition coefficient (Wildman–Crippen LogP) is 2.76. The van der Waals surface area contributed by atoms with Crippen molar-refractivity contribution in [1.29, 1.82) is 0 Å². The molecule has 0 aliphatic rings. The summed E-state index contributed by atoms with van der Waals surface area (Å²) in [6, 6.07) is 3.78. The van der Waals surface area contributed by atoms with Crippen LogP contribution in [0.2, 0.25) is 5.02 Å². The molecule has 0 spiro atoms. The molecule has 1 aromatic rings. The highest BCUT2D eigenvalue weighted by Gasteiger charge is 2.30. The zero-order valence-corrected chi connectivity index (χ0v) is 12.1. The largest absolute Gasteiger partial charge is 0.465 e. The molecule has 0 radical (unpaired) electrons. The summed E-state index contributed by atoms with van der Waals surface area (Å²) in [5, 5.41) is 0.156. The van der Waals surface area contributed by atoms with E-state index < -0.39 is 23.7 Å². The zero-order valence-electron chi connectivity index (χ0n) is 11.3. The van der Waals surface area contributed by atoms with E-state index in [1.807, 2.05) is 0 Å². The average Bonchev–Trinajstić information content (AvgIpc) is 2.38. The molecule has 0 aromatic heterocycles. The minimum Gasteiger partial charge on any atom is -0.465 e. The second-order valence-electron chi connectivity index (χ2n) is 4.00. The van der Waals surface area contributed by atoms with E-state index >= 15 is 0 Å². The van der Waals surface area contributed by atoms with Crippen LogP contribution in [-0.2, 0) is 25.5 Å². The van der Waals surface area contributed by atoms with Gasteiger partial charge in [0.15, 0.2) is 5.92 Å². The van der Waals surface area contributed by atoms with E-state index in [0.717, 1.165) is 6.07 Å². The highest BCUT2D eigenvalue weighted by molar-refractivity contribution is 6.31. The van der Waals surface area contributed by atoms with Crippen LogP contribution in [0.4, 0.5) is 4.39 Å². The van der Waals surface area contributed by atoms with Gasteiger partial charge >= 0.3 is 11.9 Å². The first kappa shape index (κ1) is 16.4. The number of ether oxygens (including phenoxy) is 2. The van der Waals surface area contributed by atoms with Gasteiger partial charge in [-0.25, -0.2) is 4.39 Å². The number of carbonyl (C=O) groups is 2. The summed E-state index contributed by atoms with van der Waals surface area (Å²) >= 11 is 5.89. The Morgan fingerprint density at radius 3 is 2.20 bits per heavy atom. The molecular formula is C14H16ClFO4. The molecule has 20 heavy (non-hydrogen) atoms. The van der Waals surface area contributed by atoms with Crippen molar-refractivity contribution < 1.29 is 23.5 Å². The van der Waals surface area contributed by atoms with E-state index in [2.05, 4.69) is 0 Å². The third-order valence-corrected chi connectivity index (χ3v) is 2.93. The lowest BCUT2D eigenvalue weighted by molar-refractivity contribution is -0.161. The summed E-state index contributed by atoms with van der Waals surface area (Å²) in [6.07, 6.45) is 0.0107. The van der Waals surface area contributed by atoms with Gasteiger partial charge in [-0.1, -0.05) is 17.7 Å². The average molecular weight is 303 g/mol. The first-order valence-corrected chi connectivity index (χ1v) is 6.64. The molecule has 1 aromatic carbocycles. The summed E-state index contributed by atoms with van der Waals surface area (Å²) in [6.45, 7) is 3.60. The van der Waals surface area contributed by atoms with Crippen LogP contribution in [0.1, 0.15) is 19.4 Å². The topological polar surface area (TPSA) is 52.6 Å². The predicted molar refractivity (Wildman–Crippen MR) is 71.9 cm³/mol. The van der Waals surface area contributed by atoms with Crippen LogP contribution in [-0.4, -0.2) is 25.2 Å². The van der Waals surface area contributed by atoms with Gasteiger partial charge in [0.05, 0.1) is 13.2 Å². The van der Waals surface area contributed by atoms with Crippen molar-refractivity contribution in [3.63, 3.8) is 0 Å². The van der Waals surface area contributed by atoms with Crippen LogP contribution in [0.15, 0.2) is 18.2 Å². The Balaban J connectivity index is 2.93. The van der Waals surface area contributed by atoms with Crippen LogP contribution in [0.5, 0.6) is 0 Å². The number of rotatable bonds is 6. The van der Waals surface area contributed by atoms with Crippen LogP contribution in [0.25, 0.3) is 0 Å². The van der Waals surface area contributed by atoms with E-state index in [1.165, 1.54) is 12.1 Å². The summed E-state index contributed by atoms with van der Waals surface area (Å²) in [5.41, 5.74) is 0.485. The second-order valence-corrected chi connectivity index (χ2v) is 4.40. The molecule has 0 N–H and O–H groups in total. The van der Waals surface area contributed by atoms with E-state index in [4.69, 9.17) is 21.1 Å². The summed E-state index contributed by atoms with van der Waals surface area (Å²) in [5.74, 6) is -2.93. The highest BCUT2D eigenvalue weighted by atomic mass is 35.5. The molecule has 0 aliphatic heterocycles. The van der Waals surface area contributed by atoms with Crippen molar-refractivity contribution >= 4 is 23.5 Å². The standard InChI is InChI=1S/C14H16ClFO4/c1-3-19-13(17)11(14(18)20-4-2)7-9-5-6-10(16)8-12(9)15/h5-6,8,11H,3-4,7H2,1-2H3. The molecule has 0 bridgehead atoms. The van der Waals surface area contributed by atoms with Gasteiger partial charge < -0.3 is 9.47 Å². The molecule has 0 heterocycles. The van der Waals surface area contributed by atoms with Gasteiger partial charge in [0.1, 0.15) is 5.82 Å². The molecular weight excluding hydrogens is 287 g/mol. The van der Waals surface area contributed by atoms with Gasteiger partial charge in [0.25, 0.3) is 0 Å². The molecule has 1 rings (SSSR count). The lowest BCUT2D eigenvalue weighted by Gasteiger charge is -2.15. The Labute approximate surface area is 121 Å². The lowest BCUT2D eigenvalue weighted by Crippen LogP contribution is -2.30. The Bertz CT molecular complexity index is 472. The Hall–Kier alpha value is -1.62. The van der Waals surface area contributed by atoms with E-state index in [9.17, 15) is 14.0 Å². The van der Waals surface area contributed by atoms with Crippen LogP contribution < -0.4 is 0 Å². The maximum atomic E-state index is 13.0. The van der Waals surface area contributed by atoms with Crippen molar-refractivity contribution in [3.8, 4) is 0 Å². The molecule has 110 valence electrons. The first-order valence-electron chi connectivity index (χ1n) is 6.26. The van der Waals surface area contributed by atoms with Gasteiger partial charge in [-0.2, -0.15) is 0 Å². The normalized spacial score (nSPS) is 10.4. The van der Waals surface area contributed by atoms with Gasteiger partial charge in [-0.3, -0.25) is 9.59 Å². The Morgan fingerprint density at radius 2 is 1.75 bits per heavy atom. The maximum absolute atomic E-state index is 13.0. The number of carbonyl (C=O) groups excluding carboxylic acids is 2. The molecule has 0 saturated carbocycles. The fourth-order valence-corrected chi connectivity index (χ4v) is 1.90. The minimum absolute atomic E-state index is 0.0107. The molecule has 0 amide bonds. The third kappa shape index (κ3) is 4.49. The number of hydrogen-bond donors (Lipinski definition) is 0. The highest BCUT2D eigenvalue weighted by Crippen LogP contribution is 2.22. The van der Waals surface area contributed by atoms with Gasteiger partial charge in [0, 0.05) is 5.02 Å². The molecule has 0 saturated heterocycles. The minimum atomic E-state index is -1.10.